The molecule has 212 valence electrons. The van der Waals surface area contributed by atoms with Crippen LogP contribution in [0.1, 0.15) is 30.1 Å². The van der Waals surface area contributed by atoms with Crippen LogP contribution in [0.15, 0.2) is 77.7 Å². The smallest absolute Gasteiger partial charge is 0.295 e. The van der Waals surface area contributed by atoms with Gasteiger partial charge < -0.3 is 20.8 Å². The number of carbonyl (C=O) groups excluding carboxylic acids is 2. The zero-order chi connectivity index (χ0) is 28.7. The van der Waals surface area contributed by atoms with Crippen LogP contribution in [0.5, 0.6) is 5.75 Å². The van der Waals surface area contributed by atoms with Crippen molar-refractivity contribution in [3.63, 3.8) is 0 Å². The van der Waals surface area contributed by atoms with Crippen LogP contribution in [-0.2, 0) is 14.8 Å². The van der Waals surface area contributed by atoms with Gasteiger partial charge in [-0.05, 0) is 93.4 Å². The second kappa shape index (κ2) is 13.4. The molecule has 0 radical (unpaired) electrons. The molecular weight excluding hydrogens is 575 g/mol. The summed E-state index contributed by atoms with van der Waals surface area (Å²) >= 11 is 12.2. The van der Waals surface area contributed by atoms with E-state index in [0.717, 1.165) is 30.4 Å². The Kier molecular flexibility index (Phi) is 9.91. The highest BCUT2D eigenvalue weighted by Crippen LogP contribution is 2.32. The standard InChI is InChI=1S/C28H30Cl2N4O5S/c1-19(27(35)32-18-20-13-15-31-16-14-20)33-28(36)21-7-10-24(11-8-21)40(37,38)34(23-5-3-2-4-6-23)39-26-12-9-22(29)17-25(26)30/h2-12,17,19-20,31H,13-16,18H2,1H3,(H,32,35)(H,33,36)/t19-/m0/s1. The number of anilines is 1. The molecule has 9 nitrogen and oxygen atoms in total. The highest BCUT2D eigenvalue weighted by Gasteiger charge is 2.29. The molecule has 3 aromatic carbocycles. The van der Waals surface area contributed by atoms with Crippen molar-refractivity contribution in [3.8, 4) is 5.75 Å². The lowest BCUT2D eigenvalue weighted by atomic mass is 9.98. The number of halogens is 2. The highest BCUT2D eigenvalue weighted by atomic mass is 35.5. The Morgan fingerprint density at radius 1 is 1.02 bits per heavy atom. The fourth-order valence-electron chi connectivity index (χ4n) is 4.13. The average molecular weight is 606 g/mol. The molecule has 0 aliphatic carbocycles. The molecule has 1 atom stereocenters. The van der Waals surface area contributed by atoms with E-state index in [0.29, 0.717) is 17.5 Å². The molecule has 1 fully saturated rings. The average Bonchev–Trinajstić information content (AvgIpc) is 2.96. The largest absolute Gasteiger partial charge is 0.363 e. The van der Waals surface area contributed by atoms with Gasteiger partial charge in [0.15, 0.2) is 5.75 Å². The van der Waals surface area contributed by atoms with Crippen molar-refractivity contribution in [2.45, 2.75) is 30.7 Å². The van der Waals surface area contributed by atoms with E-state index in [4.69, 9.17) is 28.0 Å². The first-order valence-corrected chi connectivity index (χ1v) is 15.0. The number of nitrogens with one attached hydrogen (secondary N) is 3. The maximum atomic E-state index is 13.6. The molecule has 0 spiro atoms. The Balaban J connectivity index is 1.46. The predicted molar refractivity (Wildman–Crippen MR) is 155 cm³/mol. The summed E-state index contributed by atoms with van der Waals surface area (Å²) in [5.41, 5.74) is 0.435. The number of rotatable bonds is 10. The van der Waals surface area contributed by atoms with E-state index < -0.39 is 22.0 Å². The van der Waals surface area contributed by atoms with Crippen molar-refractivity contribution in [3.05, 3.63) is 88.4 Å². The molecule has 4 rings (SSSR count). The predicted octanol–water partition coefficient (Wildman–Crippen LogP) is 4.42. The first-order chi connectivity index (χ1) is 19.1. The van der Waals surface area contributed by atoms with Crippen molar-refractivity contribution in [1.29, 1.82) is 0 Å². The van der Waals surface area contributed by atoms with E-state index in [1.54, 1.807) is 37.3 Å². The lowest BCUT2D eigenvalue weighted by Crippen LogP contribution is -2.46. The molecule has 0 unspecified atom stereocenters. The molecule has 1 heterocycles. The summed E-state index contributed by atoms with van der Waals surface area (Å²) in [7, 11) is -4.26. The van der Waals surface area contributed by atoms with Crippen LogP contribution >= 0.6 is 23.2 Å². The summed E-state index contributed by atoms with van der Waals surface area (Å²) in [5, 5.41) is 9.34. The van der Waals surface area contributed by atoms with Gasteiger partial charge in [-0.25, -0.2) is 0 Å². The fraction of sp³-hybridized carbons (Fsp3) is 0.286. The van der Waals surface area contributed by atoms with Crippen molar-refractivity contribution in [1.82, 2.24) is 16.0 Å². The van der Waals surface area contributed by atoms with Crippen LogP contribution in [0.25, 0.3) is 0 Å². The minimum atomic E-state index is -4.26. The molecule has 0 aromatic heterocycles. The molecule has 3 aromatic rings. The van der Waals surface area contributed by atoms with Crippen LogP contribution in [-0.4, -0.2) is 45.9 Å². The second-order valence-corrected chi connectivity index (χ2v) is 12.0. The SMILES string of the molecule is C[C@H](NC(=O)c1ccc(S(=O)(=O)N(Oc2ccc(Cl)cc2Cl)c2ccccc2)cc1)C(=O)NCC1CCNCC1. The maximum Gasteiger partial charge on any atom is 0.295 e. The van der Waals surface area contributed by atoms with Crippen LogP contribution in [0, 0.1) is 5.92 Å². The van der Waals surface area contributed by atoms with E-state index in [2.05, 4.69) is 16.0 Å². The van der Waals surface area contributed by atoms with Crippen molar-refractivity contribution in [2.24, 2.45) is 5.92 Å². The lowest BCUT2D eigenvalue weighted by molar-refractivity contribution is -0.122. The summed E-state index contributed by atoms with van der Waals surface area (Å²) < 4.78 is 28.0. The topological polar surface area (TPSA) is 117 Å². The Morgan fingerprint density at radius 3 is 2.35 bits per heavy atom. The zero-order valence-electron chi connectivity index (χ0n) is 21.8. The number of hydrogen-bond acceptors (Lipinski definition) is 6. The van der Waals surface area contributed by atoms with Crippen LogP contribution in [0.2, 0.25) is 10.0 Å². The minimum Gasteiger partial charge on any atom is -0.363 e. The Hall–Kier alpha value is -3.31. The molecule has 3 N–H and O–H groups in total. The molecule has 2 amide bonds. The van der Waals surface area contributed by atoms with Gasteiger partial charge in [-0.2, -0.15) is 8.42 Å². The van der Waals surface area contributed by atoms with Gasteiger partial charge in [0.25, 0.3) is 15.9 Å². The van der Waals surface area contributed by atoms with Gasteiger partial charge in [-0.3, -0.25) is 9.59 Å². The van der Waals surface area contributed by atoms with Gasteiger partial charge in [0.05, 0.1) is 15.6 Å². The first kappa shape index (κ1) is 29.7. The van der Waals surface area contributed by atoms with E-state index >= 15 is 0 Å². The number of benzene rings is 3. The number of sulfonamides is 1. The highest BCUT2D eigenvalue weighted by molar-refractivity contribution is 7.92. The molecule has 1 saturated heterocycles. The Labute approximate surface area is 243 Å². The maximum absolute atomic E-state index is 13.6. The third kappa shape index (κ3) is 7.45. The van der Waals surface area contributed by atoms with Crippen LogP contribution in [0.4, 0.5) is 5.69 Å². The van der Waals surface area contributed by atoms with Gasteiger partial charge in [0.1, 0.15) is 6.04 Å². The Morgan fingerprint density at radius 2 is 1.70 bits per heavy atom. The van der Waals surface area contributed by atoms with Gasteiger partial charge >= 0.3 is 0 Å². The molecule has 12 heteroatoms. The molecule has 0 bridgehead atoms. The number of nitrogens with zero attached hydrogens (tertiary/aromatic N) is 1. The third-order valence-corrected chi connectivity index (χ3v) is 8.56. The summed E-state index contributed by atoms with van der Waals surface area (Å²) in [5.74, 6) is -0.278. The molecule has 1 aliphatic heterocycles. The minimum absolute atomic E-state index is 0.0851. The fourth-order valence-corrected chi connectivity index (χ4v) is 5.82. The normalized spacial score (nSPS) is 14.7. The first-order valence-electron chi connectivity index (χ1n) is 12.8. The van der Waals surface area contributed by atoms with Gasteiger partial charge in [0, 0.05) is 17.1 Å². The third-order valence-electron chi connectivity index (χ3n) is 6.44. The van der Waals surface area contributed by atoms with Crippen LogP contribution < -0.4 is 25.3 Å². The monoisotopic (exact) mass is 604 g/mol. The van der Waals surface area contributed by atoms with E-state index in [-0.39, 0.29) is 32.8 Å². The summed E-state index contributed by atoms with van der Waals surface area (Å²) in [6.07, 6.45) is 1.99. The van der Waals surface area contributed by atoms with Gasteiger partial charge in [-0.15, -0.1) is 0 Å². The van der Waals surface area contributed by atoms with E-state index in [1.807, 2.05) is 0 Å². The van der Waals surface area contributed by atoms with Crippen LogP contribution in [0.3, 0.4) is 0 Å². The van der Waals surface area contributed by atoms with Crippen molar-refractivity contribution >= 4 is 50.7 Å². The van der Waals surface area contributed by atoms with E-state index in [9.17, 15) is 18.0 Å². The molecule has 0 saturated carbocycles. The quantitative estimate of drug-likeness (QED) is 0.295. The number of piperidine rings is 1. The summed E-state index contributed by atoms with van der Waals surface area (Å²) in [6.45, 7) is 4.03. The number of para-hydroxylation sites is 1. The van der Waals surface area contributed by atoms with Crippen molar-refractivity contribution in [2.75, 3.05) is 24.1 Å². The number of carbonyl (C=O) groups is 2. The Bertz CT molecular complexity index is 1430. The lowest BCUT2D eigenvalue weighted by Gasteiger charge is -2.24. The molecule has 1 aliphatic rings. The van der Waals surface area contributed by atoms with Crippen molar-refractivity contribution < 1.29 is 22.8 Å². The second-order valence-electron chi connectivity index (χ2n) is 9.39. The van der Waals surface area contributed by atoms with Gasteiger partial charge in [0.2, 0.25) is 5.91 Å². The molecule has 40 heavy (non-hydrogen) atoms. The number of amides is 2. The number of hydrogen-bond donors (Lipinski definition) is 3. The molecular formula is C28H30Cl2N4O5S. The summed E-state index contributed by atoms with van der Waals surface area (Å²) in [6, 6.07) is 17.2. The zero-order valence-corrected chi connectivity index (χ0v) is 24.1. The summed E-state index contributed by atoms with van der Waals surface area (Å²) in [4.78, 5) is 30.9. The van der Waals surface area contributed by atoms with E-state index in [1.165, 1.54) is 42.5 Å². The van der Waals surface area contributed by atoms with Gasteiger partial charge in [-0.1, -0.05) is 45.9 Å².